The Hall–Kier alpha value is -0.870. The molecule has 1 aliphatic heterocycles. The zero-order chi connectivity index (χ0) is 17.5. The number of carbonyl (C=O) groups excluding carboxylic acids is 1. The summed E-state index contributed by atoms with van der Waals surface area (Å²) in [6.07, 6.45) is 0.283. The quantitative estimate of drug-likeness (QED) is 0.461. The van der Waals surface area contributed by atoms with E-state index in [2.05, 4.69) is 48.1 Å². The van der Waals surface area contributed by atoms with Crippen LogP contribution in [0.4, 0.5) is 0 Å². The number of aliphatic hydroxyl groups excluding tert-OH is 1. The van der Waals surface area contributed by atoms with E-state index in [1.54, 1.807) is 0 Å². The average molecular weight is 324 g/mol. The van der Waals surface area contributed by atoms with Gasteiger partial charge < -0.3 is 14.6 Å². The number of esters is 1. The number of rotatable bonds is 6. The van der Waals surface area contributed by atoms with Crippen LogP contribution in [0.3, 0.4) is 0 Å². The predicted octanol–water partition coefficient (Wildman–Crippen LogP) is 3.54. The lowest BCUT2D eigenvalue weighted by Gasteiger charge is -2.41. The molecule has 4 heteroatoms. The van der Waals surface area contributed by atoms with Gasteiger partial charge in [-0.3, -0.25) is 0 Å². The smallest absolute Gasteiger partial charge is 0.334 e. The minimum Gasteiger partial charge on any atom is -0.456 e. The van der Waals surface area contributed by atoms with Gasteiger partial charge in [0, 0.05) is 16.9 Å². The van der Waals surface area contributed by atoms with Crippen molar-refractivity contribution in [3.8, 4) is 0 Å². The molecule has 0 bridgehead atoms. The van der Waals surface area contributed by atoms with E-state index >= 15 is 0 Å². The Bertz CT molecular complexity index is 470. The van der Waals surface area contributed by atoms with Gasteiger partial charge in [0.2, 0.25) is 0 Å². The highest BCUT2D eigenvalue weighted by atomic mass is 16.6. The minimum absolute atomic E-state index is 0.0325. The monoisotopic (exact) mass is 324 g/mol. The first-order valence-electron chi connectivity index (χ1n) is 8.81. The Balaban J connectivity index is 2.13. The Morgan fingerprint density at radius 3 is 2.52 bits per heavy atom. The van der Waals surface area contributed by atoms with Crippen molar-refractivity contribution in [2.75, 3.05) is 0 Å². The summed E-state index contributed by atoms with van der Waals surface area (Å²) in [7, 11) is 0. The van der Waals surface area contributed by atoms with Crippen molar-refractivity contribution < 1.29 is 19.4 Å². The molecule has 1 saturated carbocycles. The van der Waals surface area contributed by atoms with E-state index in [0.29, 0.717) is 11.5 Å². The van der Waals surface area contributed by atoms with E-state index in [9.17, 15) is 9.90 Å². The highest BCUT2D eigenvalue weighted by Crippen LogP contribution is 2.46. The van der Waals surface area contributed by atoms with Crippen molar-refractivity contribution in [2.45, 2.75) is 72.9 Å². The highest BCUT2D eigenvalue weighted by Gasteiger charge is 2.53. The van der Waals surface area contributed by atoms with Gasteiger partial charge >= 0.3 is 5.97 Å². The van der Waals surface area contributed by atoms with Gasteiger partial charge in [-0.2, -0.15) is 0 Å². The van der Waals surface area contributed by atoms with Crippen molar-refractivity contribution in [1.29, 1.82) is 0 Å². The number of carbonyl (C=O) groups is 1. The molecule has 0 radical (unpaired) electrons. The molecule has 6 atom stereocenters. The summed E-state index contributed by atoms with van der Waals surface area (Å²) < 4.78 is 11.6. The Kier molecular flexibility index (Phi) is 5.27. The molecule has 6 unspecified atom stereocenters. The predicted molar refractivity (Wildman–Crippen MR) is 89.6 cm³/mol. The number of hydrogen-bond acceptors (Lipinski definition) is 4. The fourth-order valence-corrected chi connectivity index (χ4v) is 4.08. The second kappa shape index (κ2) is 6.56. The van der Waals surface area contributed by atoms with Gasteiger partial charge in [0.05, 0.1) is 0 Å². The molecule has 2 aliphatic rings. The molecule has 0 aromatic carbocycles. The molecule has 132 valence electrons. The van der Waals surface area contributed by atoms with Crippen LogP contribution >= 0.6 is 0 Å². The fraction of sp³-hybridized carbons (Fsp3) is 0.842. The molecule has 0 aromatic rings. The van der Waals surface area contributed by atoms with Crippen molar-refractivity contribution in [1.82, 2.24) is 0 Å². The molecule has 1 N–H and O–H groups in total. The lowest BCUT2D eigenvalue weighted by atomic mass is 9.72. The fourth-order valence-electron chi connectivity index (χ4n) is 4.08. The molecule has 23 heavy (non-hydrogen) atoms. The van der Waals surface area contributed by atoms with Crippen LogP contribution in [0.15, 0.2) is 12.2 Å². The first-order chi connectivity index (χ1) is 10.6. The Labute approximate surface area is 140 Å². The maximum absolute atomic E-state index is 11.7. The molecule has 2 rings (SSSR count). The van der Waals surface area contributed by atoms with Crippen LogP contribution in [0.1, 0.15) is 54.4 Å². The largest absolute Gasteiger partial charge is 0.456 e. The van der Waals surface area contributed by atoms with Crippen LogP contribution in [0, 0.1) is 29.1 Å². The number of fused-ring (bicyclic) bond motifs is 1. The molecular weight excluding hydrogens is 292 g/mol. The van der Waals surface area contributed by atoms with Crippen LogP contribution in [-0.2, 0) is 14.3 Å². The molecule has 0 aromatic heterocycles. The second-order valence-corrected chi connectivity index (χ2v) is 8.43. The van der Waals surface area contributed by atoms with E-state index in [4.69, 9.17) is 9.47 Å². The SMILES string of the molecule is C=C1C(=O)OC2C1CC(C)C2OC(O)C(C)(CC(C)C)C(C)C. The summed E-state index contributed by atoms with van der Waals surface area (Å²) in [6.45, 7) is 16.6. The lowest BCUT2D eigenvalue weighted by Crippen LogP contribution is -2.45. The third-order valence-corrected chi connectivity index (χ3v) is 5.88. The number of ether oxygens (including phenoxy) is 2. The normalized spacial score (nSPS) is 34.7. The highest BCUT2D eigenvalue weighted by molar-refractivity contribution is 5.91. The van der Waals surface area contributed by atoms with Gasteiger partial charge in [-0.05, 0) is 30.6 Å². The average Bonchev–Trinajstić information content (AvgIpc) is 2.87. The van der Waals surface area contributed by atoms with Crippen LogP contribution in [0.2, 0.25) is 0 Å². The standard InChI is InChI=1S/C19H32O4/c1-10(2)9-19(7,11(3)4)18(21)23-15-12(5)8-14-13(6)17(20)22-16(14)15/h10-12,14-16,18,21H,6,8-9H2,1-5,7H3. The maximum Gasteiger partial charge on any atom is 0.334 e. The summed E-state index contributed by atoms with van der Waals surface area (Å²) in [5, 5.41) is 10.8. The summed E-state index contributed by atoms with van der Waals surface area (Å²) in [4.78, 5) is 11.7. The maximum atomic E-state index is 11.7. The van der Waals surface area contributed by atoms with Crippen LogP contribution < -0.4 is 0 Å². The molecule has 0 spiro atoms. The van der Waals surface area contributed by atoms with Crippen LogP contribution in [0.25, 0.3) is 0 Å². The molecular formula is C19H32O4. The van der Waals surface area contributed by atoms with Crippen molar-refractivity contribution in [3.63, 3.8) is 0 Å². The molecule has 1 saturated heterocycles. The van der Waals surface area contributed by atoms with E-state index in [1.807, 2.05) is 0 Å². The topological polar surface area (TPSA) is 55.8 Å². The van der Waals surface area contributed by atoms with Gasteiger partial charge in [-0.1, -0.05) is 48.1 Å². The summed E-state index contributed by atoms with van der Waals surface area (Å²) in [5.74, 6) is 0.709. The van der Waals surface area contributed by atoms with Crippen molar-refractivity contribution in [3.05, 3.63) is 12.2 Å². The molecule has 0 amide bonds. The molecule has 1 heterocycles. The first kappa shape index (κ1) is 18.5. The summed E-state index contributed by atoms with van der Waals surface area (Å²) >= 11 is 0. The van der Waals surface area contributed by atoms with Gasteiger partial charge in [-0.15, -0.1) is 0 Å². The van der Waals surface area contributed by atoms with E-state index < -0.39 is 6.29 Å². The van der Waals surface area contributed by atoms with E-state index in [1.165, 1.54) is 0 Å². The number of aliphatic hydroxyl groups is 1. The first-order valence-corrected chi connectivity index (χ1v) is 8.81. The second-order valence-electron chi connectivity index (χ2n) is 8.43. The van der Waals surface area contributed by atoms with Crippen molar-refractivity contribution >= 4 is 5.97 Å². The third-order valence-electron chi connectivity index (χ3n) is 5.88. The Morgan fingerprint density at radius 2 is 2.00 bits per heavy atom. The third kappa shape index (κ3) is 3.34. The van der Waals surface area contributed by atoms with E-state index in [0.717, 1.165) is 12.8 Å². The minimum atomic E-state index is -0.872. The Morgan fingerprint density at radius 1 is 1.39 bits per heavy atom. The summed E-state index contributed by atoms with van der Waals surface area (Å²) in [6, 6.07) is 0. The van der Waals surface area contributed by atoms with Gasteiger partial charge in [-0.25, -0.2) is 4.79 Å². The zero-order valence-corrected chi connectivity index (χ0v) is 15.3. The van der Waals surface area contributed by atoms with Gasteiger partial charge in [0.15, 0.2) is 6.29 Å². The molecule has 4 nitrogen and oxygen atoms in total. The van der Waals surface area contributed by atoms with Gasteiger partial charge in [0.25, 0.3) is 0 Å². The van der Waals surface area contributed by atoms with Crippen molar-refractivity contribution in [2.24, 2.45) is 29.1 Å². The van der Waals surface area contributed by atoms with Crippen LogP contribution in [0.5, 0.6) is 0 Å². The van der Waals surface area contributed by atoms with Gasteiger partial charge in [0.1, 0.15) is 12.2 Å². The summed E-state index contributed by atoms with van der Waals surface area (Å²) in [5.41, 5.74) is 0.224. The van der Waals surface area contributed by atoms with E-state index in [-0.39, 0.29) is 41.3 Å². The molecule has 1 aliphatic carbocycles. The molecule has 2 fully saturated rings. The van der Waals surface area contributed by atoms with Crippen LogP contribution in [-0.4, -0.2) is 29.6 Å². The zero-order valence-electron chi connectivity index (χ0n) is 15.3. The lowest BCUT2D eigenvalue weighted by molar-refractivity contribution is -0.233. The number of hydrogen-bond donors (Lipinski definition) is 1.